The minimum atomic E-state index is -1.19. The fourth-order valence-electron chi connectivity index (χ4n) is 3.52. The Hall–Kier alpha value is -2.08. The van der Waals surface area contributed by atoms with Gasteiger partial charge in [-0.15, -0.1) is 5.10 Å². The molecule has 3 heterocycles. The molecule has 0 amide bonds. The van der Waals surface area contributed by atoms with Gasteiger partial charge in [0.1, 0.15) is 0 Å². The van der Waals surface area contributed by atoms with Crippen molar-refractivity contribution in [3.05, 3.63) is 47.5 Å². The topological polar surface area (TPSA) is 57.0 Å². The molecule has 126 valence electrons. The summed E-state index contributed by atoms with van der Waals surface area (Å²) in [6, 6.07) is 9.47. The molecule has 2 unspecified atom stereocenters. The SMILES string of the molecule is O=C(CC1CCCCO1)c1nc2n(n1)[C@H](c1ccccc1)CC2F. The van der Waals surface area contributed by atoms with E-state index in [0.29, 0.717) is 13.0 Å². The molecular formula is C18H20FN3O2. The van der Waals surface area contributed by atoms with Crippen LogP contribution in [0.5, 0.6) is 0 Å². The van der Waals surface area contributed by atoms with Gasteiger partial charge in [-0.3, -0.25) is 4.79 Å². The van der Waals surface area contributed by atoms with Crippen LogP contribution in [-0.2, 0) is 4.74 Å². The highest BCUT2D eigenvalue weighted by Crippen LogP contribution is 2.39. The number of fused-ring (bicyclic) bond motifs is 1. The summed E-state index contributed by atoms with van der Waals surface area (Å²) < 4.78 is 21.5. The lowest BCUT2D eigenvalue weighted by molar-refractivity contribution is 0.0126. The van der Waals surface area contributed by atoms with Gasteiger partial charge in [0.15, 0.2) is 12.0 Å². The number of aromatic nitrogens is 3. The van der Waals surface area contributed by atoms with Crippen molar-refractivity contribution in [1.82, 2.24) is 14.8 Å². The van der Waals surface area contributed by atoms with E-state index in [0.717, 1.165) is 24.8 Å². The van der Waals surface area contributed by atoms with Crippen LogP contribution >= 0.6 is 0 Å². The molecule has 1 saturated heterocycles. The average Bonchev–Trinajstić information content (AvgIpc) is 3.18. The minimum absolute atomic E-state index is 0.0596. The maximum absolute atomic E-state index is 14.3. The number of ether oxygens (including phenoxy) is 1. The highest BCUT2D eigenvalue weighted by molar-refractivity contribution is 5.92. The Kier molecular flexibility index (Phi) is 4.14. The molecule has 0 spiro atoms. The van der Waals surface area contributed by atoms with Crippen LogP contribution in [0.25, 0.3) is 0 Å². The normalized spacial score (nSPS) is 26.3. The maximum atomic E-state index is 14.3. The highest BCUT2D eigenvalue weighted by Gasteiger charge is 2.36. The van der Waals surface area contributed by atoms with E-state index in [4.69, 9.17) is 4.74 Å². The number of carbonyl (C=O) groups excluding carboxylic acids is 1. The first kappa shape index (κ1) is 15.4. The molecule has 0 radical (unpaired) electrons. The molecule has 2 aromatic rings. The van der Waals surface area contributed by atoms with E-state index in [1.807, 2.05) is 30.3 Å². The van der Waals surface area contributed by atoms with Gasteiger partial charge in [-0.1, -0.05) is 30.3 Å². The summed E-state index contributed by atoms with van der Waals surface area (Å²) in [7, 11) is 0. The van der Waals surface area contributed by atoms with Crippen molar-refractivity contribution in [2.24, 2.45) is 0 Å². The van der Waals surface area contributed by atoms with Gasteiger partial charge in [-0.2, -0.15) is 0 Å². The Morgan fingerprint density at radius 1 is 1.29 bits per heavy atom. The first-order valence-corrected chi connectivity index (χ1v) is 8.52. The van der Waals surface area contributed by atoms with Crippen LogP contribution in [0, 0.1) is 0 Å². The zero-order valence-corrected chi connectivity index (χ0v) is 13.4. The molecule has 3 atom stereocenters. The zero-order valence-electron chi connectivity index (χ0n) is 13.4. The third-order valence-electron chi connectivity index (χ3n) is 4.78. The number of benzene rings is 1. The lowest BCUT2D eigenvalue weighted by Crippen LogP contribution is -2.23. The van der Waals surface area contributed by atoms with Crippen LogP contribution in [0.3, 0.4) is 0 Å². The Bertz CT molecular complexity index is 725. The number of halogens is 1. The molecular weight excluding hydrogens is 309 g/mol. The van der Waals surface area contributed by atoms with Crippen LogP contribution < -0.4 is 0 Å². The van der Waals surface area contributed by atoms with Gasteiger partial charge in [-0.25, -0.2) is 14.1 Å². The summed E-state index contributed by atoms with van der Waals surface area (Å²) in [6.45, 7) is 0.702. The molecule has 0 N–H and O–H groups in total. The van der Waals surface area contributed by atoms with Crippen molar-refractivity contribution in [3.63, 3.8) is 0 Å². The molecule has 0 aliphatic carbocycles. The van der Waals surface area contributed by atoms with E-state index in [2.05, 4.69) is 10.1 Å². The summed E-state index contributed by atoms with van der Waals surface area (Å²) >= 11 is 0. The molecule has 4 rings (SSSR count). The first-order valence-electron chi connectivity index (χ1n) is 8.52. The van der Waals surface area contributed by atoms with Gasteiger partial charge in [-0.05, 0) is 24.8 Å². The Morgan fingerprint density at radius 2 is 2.12 bits per heavy atom. The summed E-state index contributed by atoms with van der Waals surface area (Å²) in [4.78, 5) is 16.6. The number of nitrogens with zero attached hydrogens (tertiary/aromatic N) is 3. The van der Waals surface area contributed by atoms with Gasteiger partial charge in [0.2, 0.25) is 11.6 Å². The summed E-state index contributed by atoms with van der Waals surface area (Å²) in [6.07, 6.45) is 2.36. The molecule has 0 saturated carbocycles. The van der Waals surface area contributed by atoms with Crippen molar-refractivity contribution >= 4 is 5.78 Å². The molecule has 6 heteroatoms. The van der Waals surface area contributed by atoms with Gasteiger partial charge < -0.3 is 4.74 Å². The third-order valence-corrected chi connectivity index (χ3v) is 4.78. The van der Waals surface area contributed by atoms with Crippen LogP contribution in [0.2, 0.25) is 0 Å². The number of rotatable bonds is 4. The standard InChI is InChI=1S/C18H20FN3O2/c19-14-11-15(12-6-2-1-3-7-12)22-18(14)20-17(21-22)16(23)10-13-8-4-5-9-24-13/h1-3,6-7,13-15H,4-5,8-11H2/t13?,14?,15-/m0/s1. The lowest BCUT2D eigenvalue weighted by atomic mass is 10.0. The zero-order chi connectivity index (χ0) is 16.5. The molecule has 1 aromatic carbocycles. The fraction of sp³-hybridized carbons (Fsp3) is 0.500. The molecule has 5 nitrogen and oxygen atoms in total. The van der Waals surface area contributed by atoms with E-state index >= 15 is 0 Å². The number of Topliss-reactive ketones (excluding diaryl/α,β-unsaturated/α-hetero) is 1. The van der Waals surface area contributed by atoms with Crippen LogP contribution in [0.4, 0.5) is 4.39 Å². The van der Waals surface area contributed by atoms with E-state index in [9.17, 15) is 9.18 Å². The first-order chi connectivity index (χ1) is 11.7. The maximum Gasteiger partial charge on any atom is 0.217 e. The smallest absolute Gasteiger partial charge is 0.217 e. The van der Waals surface area contributed by atoms with Gasteiger partial charge in [0.25, 0.3) is 0 Å². The van der Waals surface area contributed by atoms with E-state index in [1.165, 1.54) is 0 Å². The van der Waals surface area contributed by atoms with Gasteiger partial charge >= 0.3 is 0 Å². The molecule has 24 heavy (non-hydrogen) atoms. The third kappa shape index (κ3) is 2.86. The quantitative estimate of drug-likeness (QED) is 0.807. The number of hydrogen-bond acceptors (Lipinski definition) is 4. The number of alkyl halides is 1. The predicted molar refractivity (Wildman–Crippen MR) is 85.6 cm³/mol. The average molecular weight is 329 g/mol. The van der Waals surface area contributed by atoms with Crippen molar-refractivity contribution in [1.29, 1.82) is 0 Å². The van der Waals surface area contributed by atoms with E-state index < -0.39 is 6.17 Å². The van der Waals surface area contributed by atoms with Crippen molar-refractivity contribution in [3.8, 4) is 0 Å². The second-order valence-electron chi connectivity index (χ2n) is 6.48. The molecule has 2 aliphatic heterocycles. The highest BCUT2D eigenvalue weighted by atomic mass is 19.1. The van der Waals surface area contributed by atoms with E-state index in [-0.39, 0.29) is 36.0 Å². The Morgan fingerprint density at radius 3 is 2.88 bits per heavy atom. The summed E-state index contributed by atoms with van der Waals surface area (Å²) in [5, 5.41) is 4.32. The van der Waals surface area contributed by atoms with Crippen LogP contribution in [-0.4, -0.2) is 33.3 Å². The van der Waals surface area contributed by atoms with Crippen LogP contribution in [0.1, 0.15) is 66.3 Å². The molecule has 0 bridgehead atoms. The minimum Gasteiger partial charge on any atom is -0.378 e. The summed E-state index contributed by atoms with van der Waals surface area (Å²) in [5.41, 5.74) is 0.985. The van der Waals surface area contributed by atoms with Gasteiger partial charge in [0, 0.05) is 19.4 Å². The molecule has 1 fully saturated rings. The fourth-order valence-corrected chi connectivity index (χ4v) is 3.52. The lowest BCUT2D eigenvalue weighted by Gasteiger charge is -2.21. The van der Waals surface area contributed by atoms with Crippen molar-refractivity contribution in [2.45, 2.75) is 50.4 Å². The van der Waals surface area contributed by atoms with Crippen molar-refractivity contribution in [2.75, 3.05) is 6.61 Å². The van der Waals surface area contributed by atoms with Crippen molar-refractivity contribution < 1.29 is 13.9 Å². The summed E-state index contributed by atoms with van der Waals surface area (Å²) in [5.74, 6) is 0.210. The monoisotopic (exact) mass is 329 g/mol. The molecule has 2 aliphatic rings. The second kappa shape index (κ2) is 6.43. The number of carbonyl (C=O) groups is 1. The largest absolute Gasteiger partial charge is 0.378 e. The molecule has 1 aromatic heterocycles. The Balaban J connectivity index is 1.55. The number of hydrogen-bond donors (Lipinski definition) is 0. The van der Waals surface area contributed by atoms with Crippen LogP contribution in [0.15, 0.2) is 30.3 Å². The predicted octanol–water partition coefficient (Wildman–Crippen LogP) is 3.42. The van der Waals surface area contributed by atoms with Gasteiger partial charge in [0.05, 0.1) is 12.1 Å². The number of ketones is 1. The second-order valence-corrected chi connectivity index (χ2v) is 6.48. The Labute approximate surface area is 139 Å². The van der Waals surface area contributed by atoms with E-state index in [1.54, 1.807) is 4.68 Å².